The van der Waals surface area contributed by atoms with Gasteiger partial charge in [0.1, 0.15) is 0 Å². The van der Waals surface area contributed by atoms with Crippen molar-refractivity contribution in [1.29, 1.82) is 0 Å². The number of benzene rings is 1. The monoisotopic (exact) mass is 353 g/mol. The topological polar surface area (TPSA) is 58.4 Å². The number of nitrogens with two attached hydrogens (primary N) is 1. The molecule has 2 rings (SSSR count). The molecule has 2 unspecified atom stereocenters. The molecule has 1 aromatic rings. The van der Waals surface area contributed by atoms with Crippen LogP contribution in [-0.2, 0) is 4.79 Å². The van der Waals surface area contributed by atoms with Gasteiger partial charge in [0.15, 0.2) is 0 Å². The molecule has 1 fully saturated rings. The van der Waals surface area contributed by atoms with Crippen LogP contribution in [0.1, 0.15) is 31.4 Å². The van der Waals surface area contributed by atoms with Crippen LogP contribution in [0.15, 0.2) is 28.7 Å². The maximum Gasteiger partial charge on any atom is 0.234 e. The largest absolute Gasteiger partial charge is 0.348 e. The molecule has 3 N–H and O–H groups in total. The van der Waals surface area contributed by atoms with Crippen LogP contribution in [0.25, 0.3) is 0 Å². The summed E-state index contributed by atoms with van der Waals surface area (Å²) in [5.74, 6) is 0.624. The fourth-order valence-corrected chi connectivity index (χ4v) is 3.08. The maximum atomic E-state index is 12.2. The molecule has 1 aliphatic rings. The number of likely N-dealkylation sites (tertiary alicyclic amines) is 1. The molecule has 21 heavy (non-hydrogen) atoms. The van der Waals surface area contributed by atoms with Gasteiger partial charge in [0.05, 0.1) is 12.6 Å². The minimum atomic E-state index is 0.0284. The molecule has 0 aliphatic carbocycles. The van der Waals surface area contributed by atoms with Crippen LogP contribution in [0.3, 0.4) is 0 Å². The van der Waals surface area contributed by atoms with Gasteiger partial charge in [0, 0.05) is 11.0 Å². The van der Waals surface area contributed by atoms with Crippen molar-refractivity contribution >= 4 is 21.8 Å². The van der Waals surface area contributed by atoms with Crippen LogP contribution in [-0.4, -0.2) is 37.0 Å². The number of hydrogen-bond donors (Lipinski definition) is 2. The van der Waals surface area contributed by atoms with E-state index in [1.165, 1.54) is 6.42 Å². The highest BCUT2D eigenvalue weighted by Crippen LogP contribution is 2.17. The highest BCUT2D eigenvalue weighted by molar-refractivity contribution is 9.10. The highest BCUT2D eigenvalue weighted by atomic mass is 79.9. The molecular weight excluding hydrogens is 330 g/mol. The number of carbonyl (C=O) groups excluding carboxylic acids is 1. The summed E-state index contributed by atoms with van der Waals surface area (Å²) in [4.78, 5) is 14.4. The molecule has 0 radical (unpaired) electrons. The molecule has 0 aromatic heterocycles. The van der Waals surface area contributed by atoms with E-state index in [-0.39, 0.29) is 11.9 Å². The van der Waals surface area contributed by atoms with E-state index in [2.05, 4.69) is 26.1 Å². The third kappa shape index (κ3) is 5.09. The Balaban J connectivity index is 1.82. The lowest BCUT2D eigenvalue weighted by atomic mass is 9.98. The van der Waals surface area contributed by atoms with Gasteiger partial charge in [-0.05, 0) is 56.5 Å². The summed E-state index contributed by atoms with van der Waals surface area (Å²) in [6.07, 6.45) is 2.32. The highest BCUT2D eigenvalue weighted by Gasteiger charge is 2.21. The molecule has 2 atom stereocenters. The Morgan fingerprint density at radius 1 is 1.48 bits per heavy atom. The van der Waals surface area contributed by atoms with Gasteiger partial charge in [0.25, 0.3) is 0 Å². The zero-order chi connectivity index (χ0) is 15.2. The summed E-state index contributed by atoms with van der Waals surface area (Å²) in [5, 5.41) is 3.07. The van der Waals surface area contributed by atoms with Gasteiger partial charge in [-0.25, -0.2) is 0 Å². The lowest BCUT2D eigenvalue weighted by Crippen LogP contribution is -2.44. The smallest absolute Gasteiger partial charge is 0.234 e. The Morgan fingerprint density at radius 3 is 2.86 bits per heavy atom. The van der Waals surface area contributed by atoms with E-state index in [4.69, 9.17) is 5.73 Å². The molecule has 0 spiro atoms. The Labute approximate surface area is 135 Å². The molecule has 1 aliphatic heterocycles. The standard InChI is InChI=1S/C16H24BrN3O/c1-12(14-4-6-15(17)7-5-14)19-16(21)11-20-8-2-3-13(9-18)10-20/h4-7,12-13H,2-3,8-11,18H2,1H3,(H,19,21). The number of nitrogens with one attached hydrogen (secondary N) is 1. The molecule has 0 saturated carbocycles. The number of halogens is 1. The van der Waals surface area contributed by atoms with Gasteiger partial charge < -0.3 is 11.1 Å². The molecule has 1 heterocycles. The van der Waals surface area contributed by atoms with E-state index in [9.17, 15) is 4.79 Å². The normalized spacial score (nSPS) is 21.0. The molecule has 5 heteroatoms. The Hall–Kier alpha value is -0.910. The fraction of sp³-hybridized carbons (Fsp3) is 0.562. The number of piperidine rings is 1. The maximum absolute atomic E-state index is 12.2. The van der Waals surface area contributed by atoms with E-state index in [0.29, 0.717) is 19.0 Å². The average Bonchev–Trinajstić information content (AvgIpc) is 2.47. The van der Waals surface area contributed by atoms with Crippen LogP contribution in [0.2, 0.25) is 0 Å². The van der Waals surface area contributed by atoms with Crippen molar-refractivity contribution in [2.75, 3.05) is 26.2 Å². The third-order valence-corrected chi connectivity index (χ3v) is 4.58. The third-order valence-electron chi connectivity index (χ3n) is 4.05. The molecule has 0 bridgehead atoms. The summed E-state index contributed by atoms with van der Waals surface area (Å²) >= 11 is 3.42. The Kier molecular flexibility index (Phi) is 6.21. The van der Waals surface area contributed by atoms with Gasteiger partial charge >= 0.3 is 0 Å². The van der Waals surface area contributed by atoms with E-state index in [1.807, 2.05) is 31.2 Å². The summed E-state index contributed by atoms with van der Waals surface area (Å²) in [5.41, 5.74) is 6.85. The van der Waals surface area contributed by atoms with Gasteiger partial charge in [-0.1, -0.05) is 28.1 Å². The lowest BCUT2D eigenvalue weighted by molar-refractivity contribution is -0.123. The summed E-state index contributed by atoms with van der Waals surface area (Å²) in [7, 11) is 0. The predicted octanol–water partition coefficient (Wildman–Crippen LogP) is 2.30. The molecule has 4 nitrogen and oxygen atoms in total. The van der Waals surface area contributed by atoms with Crippen LogP contribution in [0.5, 0.6) is 0 Å². The predicted molar refractivity (Wildman–Crippen MR) is 88.9 cm³/mol. The minimum absolute atomic E-state index is 0.0284. The second-order valence-electron chi connectivity index (χ2n) is 5.82. The minimum Gasteiger partial charge on any atom is -0.348 e. The lowest BCUT2D eigenvalue weighted by Gasteiger charge is -2.31. The van der Waals surface area contributed by atoms with Gasteiger partial charge in [-0.2, -0.15) is 0 Å². The van der Waals surface area contributed by atoms with Crippen LogP contribution < -0.4 is 11.1 Å². The van der Waals surface area contributed by atoms with Crippen molar-refractivity contribution in [2.45, 2.75) is 25.8 Å². The van der Waals surface area contributed by atoms with Crippen molar-refractivity contribution in [3.63, 3.8) is 0 Å². The van der Waals surface area contributed by atoms with Crippen LogP contribution >= 0.6 is 15.9 Å². The zero-order valence-corrected chi connectivity index (χ0v) is 14.1. The number of rotatable bonds is 5. The number of hydrogen-bond acceptors (Lipinski definition) is 3. The van der Waals surface area contributed by atoms with Crippen molar-refractivity contribution in [2.24, 2.45) is 11.7 Å². The number of carbonyl (C=O) groups is 1. The van der Waals surface area contributed by atoms with E-state index < -0.39 is 0 Å². The van der Waals surface area contributed by atoms with Crippen LogP contribution in [0.4, 0.5) is 0 Å². The number of amides is 1. The molecule has 1 amide bonds. The van der Waals surface area contributed by atoms with Crippen molar-refractivity contribution in [3.8, 4) is 0 Å². The van der Waals surface area contributed by atoms with E-state index in [1.54, 1.807) is 0 Å². The van der Waals surface area contributed by atoms with Crippen molar-refractivity contribution in [1.82, 2.24) is 10.2 Å². The van der Waals surface area contributed by atoms with Crippen LogP contribution in [0, 0.1) is 5.92 Å². The number of nitrogens with zero attached hydrogens (tertiary/aromatic N) is 1. The molecule has 1 aromatic carbocycles. The Bertz CT molecular complexity index is 463. The Morgan fingerprint density at radius 2 is 2.19 bits per heavy atom. The first-order valence-corrected chi connectivity index (χ1v) is 8.35. The first-order chi connectivity index (χ1) is 10.1. The van der Waals surface area contributed by atoms with Gasteiger partial charge in [-0.15, -0.1) is 0 Å². The SMILES string of the molecule is CC(NC(=O)CN1CCCC(CN)C1)c1ccc(Br)cc1. The summed E-state index contributed by atoms with van der Waals surface area (Å²) in [6.45, 7) is 5.14. The van der Waals surface area contributed by atoms with Gasteiger partial charge in [0.2, 0.25) is 5.91 Å². The van der Waals surface area contributed by atoms with Crippen molar-refractivity contribution in [3.05, 3.63) is 34.3 Å². The first kappa shape index (κ1) is 16.5. The zero-order valence-electron chi connectivity index (χ0n) is 12.5. The summed E-state index contributed by atoms with van der Waals surface area (Å²) in [6, 6.07) is 8.07. The summed E-state index contributed by atoms with van der Waals surface area (Å²) < 4.78 is 1.05. The molecular formula is C16H24BrN3O. The fourth-order valence-electron chi connectivity index (χ4n) is 2.81. The molecule has 1 saturated heterocycles. The van der Waals surface area contributed by atoms with E-state index in [0.717, 1.165) is 29.5 Å². The first-order valence-electron chi connectivity index (χ1n) is 7.55. The second-order valence-corrected chi connectivity index (χ2v) is 6.74. The quantitative estimate of drug-likeness (QED) is 0.853. The van der Waals surface area contributed by atoms with Crippen molar-refractivity contribution < 1.29 is 4.79 Å². The second kappa shape index (κ2) is 7.92. The van der Waals surface area contributed by atoms with E-state index >= 15 is 0 Å². The van der Waals surface area contributed by atoms with Gasteiger partial charge in [-0.3, -0.25) is 9.69 Å². The average molecular weight is 354 g/mol. The molecule has 116 valence electrons.